The van der Waals surface area contributed by atoms with Crippen LogP contribution in [0.1, 0.15) is 28.3 Å². The zero-order chi connectivity index (χ0) is 16.5. The molecule has 122 valence electrons. The second kappa shape index (κ2) is 6.09. The number of methoxy groups -OCH3 is 1. The molecule has 0 bridgehead atoms. The first kappa shape index (κ1) is 14.9. The molecule has 1 saturated heterocycles. The van der Waals surface area contributed by atoms with Gasteiger partial charge in [-0.05, 0) is 48.9 Å². The maximum atomic E-state index is 12.6. The molecule has 0 spiro atoms. The number of fused-ring (bicyclic) bond motifs is 3. The summed E-state index contributed by atoms with van der Waals surface area (Å²) in [6.07, 6.45) is 1.03. The maximum Gasteiger partial charge on any atom is 0.255 e. The van der Waals surface area contributed by atoms with E-state index in [-0.39, 0.29) is 5.91 Å². The number of carbonyl (C=O) groups excluding carboxylic acids is 1. The SMILES string of the molecule is COc1cccc(NC(=O)c2ccc3c(c2)C2CCNCC2=N3)c1. The van der Waals surface area contributed by atoms with E-state index in [2.05, 4.69) is 15.6 Å². The van der Waals surface area contributed by atoms with Gasteiger partial charge in [-0.15, -0.1) is 0 Å². The van der Waals surface area contributed by atoms with E-state index < -0.39 is 0 Å². The second-order valence-electron chi connectivity index (χ2n) is 6.08. The molecule has 2 aromatic rings. The number of aliphatic imine (C=N–C) groups is 1. The Labute approximate surface area is 140 Å². The monoisotopic (exact) mass is 321 g/mol. The number of anilines is 1. The molecule has 0 aliphatic carbocycles. The summed E-state index contributed by atoms with van der Waals surface area (Å²) in [6.45, 7) is 1.83. The van der Waals surface area contributed by atoms with Gasteiger partial charge in [0.2, 0.25) is 0 Å². The molecule has 1 atom stereocenters. The molecule has 24 heavy (non-hydrogen) atoms. The Balaban J connectivity index is 1.56. The van der Waals surface area contributed by atoms with Crippen LogP contribution in [0.5, 0.6) is 5.75 Å². The standard InChI is InChI=1S/C19H19N3O2/c1-24-14-4-2-3-13(10-14)21-19(23)12-5-6-17-16(9-12)15-7-8-20-11-18(15)22-17/h2-6,9-10,15,20H,7-8,11H2,1H3,(H,21,23). The molecular formula is C19H19N3O2. The van der Waals surface area contributed by atoms with Crippen LogP contribution >= 0.6 is 0 Å². The Bertz CT molecular complexity index is 829. The average molecular weight is 321 g/mol. The third-order valence-electron chi connectivity index (χ3n) is 4.57. The molecule has 0 aromatic heterocycles. The van der Waals surface area contributed by atoms with E-state index in [0.29, 0.717) is 11.5 Å². The highest BCUT2D eigenvalue weighted by molar-refractivity contribution is 6.06. The topological polar surface area (TPSA) is 62.7 Å². The minimum absolute atomic E-state index is 0.117. The van der Waals surface area contributed by atoms with Crippen molar-refractivity contribution in [2.75, 3.05) is 25.5 Å². The summed E-state index contributed by atoms with van der Waals surface area (Å²) < 4.78 is 5.19. The van der Waals surface area contributed by atoms with E-state index in [4.69, 9.17) is 4.74 Å². The first-order valence-electron chi connectivity index (χ1n) is 8.12. The van der Waals surface area contributed by atoms with Crippen molar-refractivity contribution in [1.82, 2.24) is 5.32 Å². The summed E-state index contributed by atoms with van der Waals surface area (Å²) in [7, 11) is 1.61. The number of benzene rings is 2. The largest absolute Gasteiger partial charge is 0.497 e. The zero-order valence-corrected chi connectivity index (χ0v) is 13.5. The van der Waals surface area contributed by atoms with Gasteiger partial charge in [0.1, 0.15) is 5.75 Å². The lowest BCUT2D eigenvalue weighted by Crippen LogP contribution is -2.34. The number of carbonyl (C=O) groups is 1. The van der Waals surface area contributed by atoms with Crippen LogP contribution in [0.4, 0.5) is 11.4 Å². The molecule has 1 amide bonds. The summed E-state index contributed by atoms with van der Waals surface area (Å²) in [6, 6.07) is 13.1. The lowest BCUT2D eigenvalue weighted by molar-refractivity contribution is 0.102. The quantitative estimate of drug-likeness (QED) is 0.913. The Morgan fingerprint density at radius 1 is 1.29 bits per heavy atom. The van der Waals surface area contributed by atoms with Crippen LogP contribution < -0.4 is 15.4 Å². The van der Waals surface area contributed by atoms with E-state index in [1.165, 1.54) is 11.3 Å². The van der Waals surface area contributed by atoms with Crippen molar-refractivity contribution in [1.29, 1.82) is 0 Å². The van der Waals surface area contributed by atoms with Crippen LogP contribution in [0.2, 0.25) is 0 Å². The van der Waals surface area contributed by atoms with Crippen LogP contribution in [-0.2, 0) is 0 Å². The maximum absolute atomic E-state index is 12.6. The number of hydrogen-bond donors (Lipinski definition) is 2. The van der Waals surface area contributed by atoms with Gasteiger partial charge >= 0.3 is 0 Å². The van der Waals surface area contributed by atoms with Gasteiger partial charge in [0.05, 0.1) is 12.8 Å². The van der Waals surface area contributed by atoms with Crippen molar-refractivity contribution in [3.05, 3.63) is 53.6 Å². The van der Waals surface area contributed by atoms with Crippen molar-refractivity contribution in [2.45, 2.75) is 12.3 Å². The Kier molecular flexibility index (Phi) is 3.78. The van der Waals surface area contributed by atoms with Crippen LogP contribution in [0.3, 0.4) is 0 Å². The second-order valence-corrected chi connectivity index (χ2v) is 6.08. The van der Waals surface area contributed by atoms with Crippen molar-refractivity contribution in [3.8, 4) is 5.75 Å². The number of nitrogens with zero attached hydrogens (tertiary/aromatic N) is 1. The average Bonchev–Trinajstić information content (AvgIpc) is 2.99. The zero-order valence-electron chi connectivity index (χ0n) is 13.5. The molecule has 2 aromatic carbocycles. The first-order valence-corrected chi connectivity index (χ1v) is 8.12. The van der Waals surface area contributed by atoms with Gasteiger partial charge in [0.25, 0.3) is 5.91 Å². The van der Waals surface area contributed by atoms with E-state index in [1.54, 1.807) is 13.2 Å². The highest BCUT2D eigenvalue weighted by Crippen LogP contribution is 2.39. The predicted octanol–water partition coefficient (Wildman–Crippen LogP) is 3.11. The Morgan fingerprint density at radius 2 is 2.21 bits per heavy atom. The molecule has 0 radical (unpaired) electrons. The molecule has 2 aliphatic rings. The van der Waals surface area contributed by atoms with Crippen LogP contribution in [0, 0.1) is 0 Å². The fraction of sp³-hybridized carbons (Fsp3) is 0.263. The lowest BCUT2D eigenvalue weighted by Gasteiger charge is -2.21. The van der Waals surface area contributed by atoms with Crippen LogP contribution in [0.25, 0.3) is 0 Å². The van der Waals surface area contributed by atoms with Gasteiger partial charge in [0, 0.05) is 35.5 Å². The third kappa shape index (κ3) is 2.67. The minimum Gasteiger partial charge on any atom is -0.497 e. The van der Waals surface area contributed by atoms with Crippen molar-refractivity contribution in [2.24, 2.45) is 4.99 Å². The lowest BCUT2D eigenvalue weighted by atomic mass is 9.89. The molecule has 2 heterocycles. The third-order valence-corrected chi connectivity index (χ3v) is 4.57. The minimum atomic E-state index is -0.117. The molecule has 2 N–H and O–H groups in total. The van der Waals surface area contributed by atoms with E-state index in [0.717, 1.165) is 36.6 Å². The van der Waals surface area contributed by atoms with Crippen molar-refractivity contribution in [3.63, 3.8) is 0 Å². The fourth-order valence-corrected chi connectivity index (χ4v) is 3.34. The number of nitrogens with one attached hydrogen (secondary N) is 2. The highest BCUT2D eigenvalue weighted by atomic mass is 16.5. The van der Waals surface area contributed by atoms with Gasteiger partial charge in [0.15, 0.2) is 0 Å². The summed E-state index contributed by atoms with van der Waals surface area (Å²) in [5, 5.41) is 6.28. The molecule has 5 heteroatoms. The number of rotatable bonds is 3. The molecule has 4 rings (SSSR count). The van der Waals surface area contributed by atoms with E-state index in [1.807, 2.05) is 36.4 Å². The van der Waals surface area contributed by atoms with Crippen molar-refractivity contribution >= 4 is 23.0 Å². The highest BCUT2D eigenvalue weighted by Gasteiger charge is 2.29. The Hall–Kier alpha value is -2.66. The molecular weight excluding hydrogens is 302 g/mol. The van der Waals surface area contributed by atoms with E-state index in [9.17, 15) is 4.79 Å². The number of amides is 1. The molecule has 1 fully saturated rings. The summed E-state index contributed by atoms with van der Waals surface area (Å²) in [5.74, 6) is 0.953. The summed E-state index contributed by atoms with van der Waals surface area (Å²) >= 11 is 0. The fourth-order valence-electron chi connectivity index (χ4n) is 3.34. The van der Waals surface area contributed by atoms with Gasteiger partial charge in [-0.25, -0.2) is 0 Å². The molecule has 1 unspecified atom stereocenters. The van der Waals surface area contributed by atoms with Crippen LogP contribution in [-0.4, -0.2) is 31.8 Å². The van der Waals surface area contributed by atoms with Gasteiger partial charge in [-0.3, -0.25) is 9.79 Å². The van der Waals surface area contributed by atoms with Gasteiger partial charge in [-0.1, -0.05) is 6.07 Å². The summed E-state index contributed by atoms with van der Waals surface area (Å²) in [5.41, 5.74) is 4.73. The number of piperidine rings is 1. The Morgan fingerprint density at radius 3 is 3.08 bits per heavy atom. The van der Waals surface area contributed by atoms with Gasteiger partial charge < -0.3 is 15.4 Å². The number of ether oxygens (including phenoxy) is 1. The van der Waals surface area contributed by atoms with Crippen molar-refractivity contribution < 1.29 is 9.53 Å². The molecule has 0 saturated carbocycles. The smallest absolute Gasteiger partial charge is 0.255 e. The normalized spacial score (nSPS) is 18.4. The molecule has 5 nitrogen and oxygen atoms in total. The van der Waals surface area contributed by atoms with Crippen LogP contribution in [0.15, 0.2) is 47.5 Å². The summed E-state index contributed by atoms with van der Waals surface area (Å²) in [4.78, 5) is 17.3. The number of hydrogen-bond acceptors (Lipinski definition) is 4. The predicted molar refractivity (Wildman–Crippen MR) is 94.7 cm³/mol. The molecule has 2 aliphatic heterocycles. The van der Waals surface area contributed by atoms with E-state index >= 15 is 0 Å². The first-order chi connectivity index (χ1) is 11.7. The van der Waals surface area contributed by atoms with Gasteiger partial charge in [-0.2, -0.15) is 0 Å².